The van der Waals surface area contributed by atoms with Crippen LogP contribution in [0.1, 0.15) is 53.9 Å². The van der Waals surface area contributed by atoms with Crippen molar-refractivity contribution in [3.63, 3.8) is 0 Å². The first kappa shape index (κ1) is 13.3. The van der Waals surface area contributed by atoms with Crippen LogP contribution in [0.3, 0.4) is 0 Å². The summed E-state index contributed by atoms with van der Waals surface area (Å²) in [6.45, 7) is 9.93. The van der Waals surface area contributed by atoms with Crippen molar-refractivity contribution in [2.75, 3.05) is 0 Å². The number of hydrogen-bond acceptors (Lipinski definition) is 2. The molecule has 0 saturated heterocycles. The van der Waals surface area contributed by atoms with Gasteiger partial charge in [0.15, 0.2) is 0 Å². The Balaban J connectivity index is 4.32. The van der Waals surface area contributed by atoms with E-state index in [1.54, 1.807) is 6.92 Å². The molecule has 0 bridgehead atoms. The van der Waals surface area contributed by atoms with E-state index in [4.69, 9.17) is 0 Å². The summed E-state index contributed by atoms with van der Waals surface area (Å²) < 4.78 is 0. The monoisotopic (exact) mass is 198 g/mol. The molecule has 0 aromatic rings. The van der Waals surface area contributed by atoms with E-state index in [1.807, 2.05) is 0 Å². The van der Waals surface area contributed by atoms with Gasteiger partial charge in [0, 0.05) is 12.8 Å². The lowest BCUT2D eigenvalue weighted by atomic mass is 9.71. The van der Waals surface area contributed by atoms with E-state index in [2.05, 4.69) is 27.7 Å². The van der Waals surface area contributed by atoms with Crippen LogP contribution in [-0.4, -0.2) is 12.1 Å². The number of hydrogen-bond donors (Lipinski definition) is 0. The highest BCUT2D eigenvalue weighted by molar-refractivity contribution is 5.76. The van der Waals surface area contributed by atoms with Gasteiger partial charge in [-0.15, -0.1) is 0 Å². The predicted molar refractivity (Wildman–Crippen MR) is 58.2 cm³/mol. The van der Waals surface area contributed by atoms with Gasteiger partial charge in [0.2, 0.25) is 0 Å². The van der Waals surface area contributed by atoms with E-state index in [0.717, 1.165) is 12.7 Å². The fourth-order valence-electron chi connectivity index (χ4n) is 2.33. The lowest BCUT2D eigenvalue weighted by molar-refractivity contribution is -0.119. The molecular formula is C12H22O2. The summed E-state index contributed by atoms with van der Waals surface area (Å²) in [6, 6.07) is 0. The average molecular weight is 198 g/mol. The Bertz CT molecular complexity index is 214. The van der Waals surface area contributed by atoms with Crippen LogP contribution in [0, 0.1) is 10.8 Å². The molecule has 0 aromatic carbocycles. The molecule has 0 aliphatic rings. The molecule has 0 radical (unpaired) electrons. The second-order valence-corrected chi connectivity index (χ2v) is 5.75. The van der Waals surface area contributed by atoms with Crippen LogP contribution >= 0.6 is 0 Å². The number of rotatable bonds is 6. The SMILES string of the molecule is CC(=O)CC(C)(C)CC(C)(C)CC=O. The minimum Gasteiger partial charge on any atom is -0.303 e. The summed E-state index contributed by atoms with van der Waals surface area (Å²) in [4.78, 5) is 21.5. The van der Waals surface area contributed by atoms with Gasteiger partial charge in [-0.25, -0.2) is 0 Å². The standard InChI is InChI=1S/C12H22O2/c1-10(14)8-12(4,5)9-11(2,3)6-7-13/h7H,6,8-9H2,1-5H3. The molecule has 0 aliphatic carbocycles. The van der Waals surface area contributed by atoms with E-state index in [1.165, 1.54) is 0 Å². The molecule has 0 fully saturated rings. The molecule has 0 atom stereocenters. The minimum absolute atomic E-state index is 0.000694. The highest BCUT2D eigenvalue weighted by atomic mass is 16.1. The number of Topliss-reactive ketones (excluding diaryl/α,β-unsaturated/α-hetero) is 1. The number of carbonyl (C=O) groups excluding carboxylic acids is 2. The van der Waals surface area contributed by atoms with Crippen LogP contribution in [0.15, 0.2) is 0 Å². The second-order valence-electron chi connectivity index (χ2n) is 5.75. The van der Waals surface area contributed by atoms with Crippen LogP contribution in [0.2, 0.25) is 0 Å². The zero-order valence-corrected chi connectivity index (χ0v) is 10.0. The van der Waals surface area contributed by atoms with E-state index >= 15 is 0 Å². The van der Waals surface area contributed by atoms with Crippen molar-refractivity contribution < 1.29 is 9.59 Å². The molecule has 14 heavy (non-hydrogen) atoms. The van der Waals surface area contributed by atoms with Crippen LogP contribution in [0.25, 0.3) is 0 Å². The largest absolute Gasteiger partial charge is 0.303 e. The molecule has 0 rings (SSSR count). The lowest BCUT2D eigenvalue weighted by Crippen LogP contribution is -2.25. The quantitative estimate of drug-likeness (QED) is 0.615. The number of aldehydes is 1. The fraction of sp³-hybridized carbons (Fsp3) is 0.833. The van der Waals surface area contributed by atoms with Gasteiger partial charge >= 0.3 is 0 Å². The van der Waals surface area contributed by atoms with Crippen LogP contribution < -0.4 is 0 Å². The summed E-state index contributed by atoms with van der Waals surface area (Å²) in [7, 11) is 0. The lowest BCUT2D eigenvalue weighted by Gasteiger charge is -2.33. The zero-order chi connectivity index (χ0) is 11.4. The highest BCUT2D eigenvalue weighted by Gasteiger charge is 2.29. The van der Waals surface area contributed by atoms with Crippen molar-refractivity contribution >= 4 is 12.1 Å². The average Bonchev–Trinajstić information content (AvgIpc) is 1.78. The maximum Gasteiger partial charge on any atom is 0.130 e. The first-order chi connectivity index (χ1) is 6.18. The van der Waals surface area contributed by atoms with Crippen molar-refractivity contribution in [3.05, 3.63) is 0 Å². The topological polar surface area (TPSA) is 34.1 Å². The van der Waals surface area contributed by atoms with Gasteiger partial charge in [-0.05, 0) is 24.2 Å². The molecule has 0 N–H and O–H groups in total. The van der Waals surface area contributed by atoms with Crippen molar-refractivity contribution in [1.29, 1.82) is 0 Å². The van der Waals surface area contributed by atoms with Gasteiger partial charge in [0.25, 0.3) is 0 Å². The highest BCUT2D eigenvalue weighted by Crippen LogP contribution is 2.37. The van der Waals surface area contributed by atoms with Crippen LogP contribution in [0.4, 0.5) is 0 Å². The van der Waals surface area contributed by atoms with Crippen molar-refractivity contribution in [3.8, 4) is 0 Å². The third kappa shape index (κ3) is 5.90. The van der Waals surface area contributed by atoms with Gasteiger partial charge < -0.3 is 9.59 Å². The van der Waals surface area contributed by atoms with Gasteiger partial charge in [-0.3, -0.25) is 0 Å². The van der Waals surface area contributed by atoms with E-state index in [9.17, 15) is 9.59 Å². The van der Waals surface area contributed by atoms with Crippen LogP contribution in [-0.2, 0) is 9.59 Å². The van der Waals surface area contributed by atoms with Gasteiger partial charge in [-0.2, -0.15) is 0 Å². The van der Waals surface area contributed by atoms with Gasteiger partial charge in [0.05, 0.1) is 0 Å². The number of carbonyl (C=O) groups is 2. The third-order valence-electron chi connectivity index (χ3n) is 2.32. The molecule has 0 amide bonds. The molecule has 0 unspecified atom stereocenters. The third-order valence-corrected chi connectivity index (χ3v) is 2.32. The first-order valence-electron chi connectivity index (χ1n) is 5.12. The summed E-state index contributed by atoms with van der Waals surface area (Å²) in [5, 5.41) is 0. The van der Waals surface area contributed by atoms with E-state index in [0.29, 0.717) is 12.8 Å². The fourth-order valence-corrected chi connectivity index (χ4v) is 2.33. The second kappa shape index (κ2) is 4.72. The molecule has 0 heterocycles. The Morgan fingerprint density at radius 3 is 2.00 bits per heavy atom. The Morgan fingerprint density at radius 2 is 1.64 bits per heavy atom. The normalized spacial score (nSPS) is 12.6. The van der Waals surface area contributed by atoms with E-state index < -0.39 is 0 Å². The molecule has 0 aromatic heterocycles. The maximum atomic E-state index is 11.0. The van der Waals surface area contributed by atoms with Gasteiger partial charge in [-0.1, -0.05) is 27.7 Å². The smallest absolute Gasteiger partial charge is 0.130 e. The van der Waals surface area contributed by atoms with Crippen molar-refractivity contribution in [1.82, 2.24) is 0 Å². The summed E-state index contributed by atoms with van der Waals surface area (Å²) in [5.41, 5.74) is -0.000949. The Kier molecular flexibility index (Phi) is 4.50. The molecular weight excluding hydrogens is 176 g/mol. The summed E-state index contributed by atoms with van der Waals surface area (Å²) in [5.74, 6) is 0.219. The molecule has 0 spiro atoms. The van der Waals surface area contributed by atoms with Gasteiger partial charge in [0.1, 0.15) is 12.1 Å². The zero-order valence-electron chi connectivity index (χ0n) is 10.0. The Labute approximate surface area is 87.1 Å². The van der Waals surface area contributed by atoms with Crippen molar-refractivity contribution in [2.24, 2.45) is 10.8 Å². The molecule has 82 valence electrons. The Hall–Kier alpha value is -0.660. The molecule has 2 nitrogen and oxygen atoms in total. The van der Waals surface area contributed by atoms with E-state index in [-0.39, 0.29) is 16.6 Å². The molecule has 0 saturated carbocycles. The minimum atomic E-state index is -0.00164. The maximum absolute atomic E-state index is 11.0. The molecule has 0 aliphatic heterocycles. The molecule has 2 heteroatoms. The summed E-state index contributed by atoms with van der Waals surface area (Å²) >= 11 is 0. The Morgan fingerprint density at radius 1 is 1.14 bits per heavy atom. The summed E-state index contributed by atoms with van der Waals surface area (Å²) in [6.07, 6.45) is 3.02. The van der Waals surface area contributed by atoms with Crippen molar-refractivity contribution in [2.45, 2.75) is 53.9 Å². The first-order valence-corrected chi connectivity index (χ1v) is 5.12. The number of ketones is 1. The predicted octanol–water partition coefficient (Wildman–Crippen LogP) is 3.00. The van der Waals surface area contributed by atoms with Crippen LogP contribution in [0.5, 0.6) is 0 Å².